The minimum atomic E-state index is -0.247. The van der Waals surface area contributed by atoms with E-state index < -0.39 is 0 Å². The Bertz CT molecular complexity index is 546. The Morgan fingerprint density at radius 2 is 1.82 bits per heavy atom. The molecule has 0 unspecified atom stereocenters. The molecule has 2 amide bonds. The summed E-state index contributed by atoms with van der Waals surface area (Å²) in [6.07, 6.45) is 3.87. The van der Waals surface area contributed by atoms with Crippen molar-refractivity contribution in [3.05, 3.63) is 11.4 Å². The van der Waals surface area contributed by atoms with Crippen molar-refractivity contribution in [2.24, 2.45) is 0 Å². The number of amides is 2. The van der Waals surface area contributed by atoms with E-state index in [9.17, 15) is 9.59 Å². The number of carbonyl (C=O) groups excluding carboxylic acids is 2. The van der Waals surface area contributed by atoms with Crippen LogP contribution in [0, 0.1) is 6.92 Å². The van der Waals surface area contributed by atoms with Crippen LogP contribution in [0.5, 0.6) is 0 Å². The Hall–Kier alpha value is -1.96. The van der Waals surface area contributed by atoms with E-state index in [0.717, 1.165) is 38.8 Å². The van der Waals surface area contributed by atoms with Gasteiger partial charge in [0.25, 0.3) is 5.91 Å². The van der Waals surface area contributed by atoms with E-state index >= 15 is 0 Å². The third kappa shape index (κ3) is 3.82. The molecule has 8 heteroatoms. The van der Waals surface area contributed by atoms with Gasteiger partial charge in [-0.2, -0.15) is 0 Å². The molecule has 0 bridgehead atoms. The van der Waals surface area contributed by atoms with Gasteiger partial charge in [-0.15, -0.1) is 0 Å². The zero-order chi connectivity index (χ0) is 15.5. The summed E-state index contributed by atoms with van der Waals surface area (Å²) < 4.78 is 4.54. The summed E-state index contributed by atoms with van der Waals surface area (Å²) in [5.74, 6) is -0.141. The SMILES string of the molecule is Cc1nonc1C(=O)NC1CCN(CC(=O)NC2CC2)CC1. The van der Waals surface area contributed by atoms with Gasteiger partial charge < -0.3 is 10.6 Å². The predicted octanol–water partition coefficient (Wildman–Crippen LogP) is -0.149. The van der Waals surface area contributed by atoms with E-state index in [1.54, 1.807) is 6.92 Å². The molecule has 3 rings (SSSR count). The maximum absolute atomic E-state index is 12.0. The highest BCUT2D eigenvalue weighted by Crippen LogP contribution is 2.18. The van der Waals surface area contributed by atoms with Crippen LogP contribution in [0.25, 0.3) is 0 Å². The maximum atomic E-state index is 12.0. The first-order valence-corrected chi connectivity index (χ1v) is 7.73. The molecule has 1 aromatic heterocycles. The molecule has 22 heavy (non-hydrogen) atoms. The molecule has 8 nitrogen and oxygen atoms in total. The Kier molecular flexibility index (Phi) is 4.37. The molecule has 2 heterocycles. The van der Waals surface area contributed by atoms with Crippen LogP contribution < -0.4 is 10.6 Å². The van der Waals surface area contributed by atoms with E-state index in [1.807, 2.05) is 0 Å². The summed E-state index contributed by atoms with van der Waals surface area (Å²) in [4.78, 5) is 25.9. The van der Waals surface area contributed by atoms with Crippen molar-refractivity contribution >= 4 is 11.8 Å². The minimum absolute atomic E-state index is 0.103. The summed E-state index contributed by atoms with van der Waals surface area (Å²) in [7, 11) is 0. The molecule has 1 aliphatic carbocycles. The molecule has 1 aromatic rings. The van der Waals surface area contributed by atoms with Gasteiger partial charge in [0.15, 0.2) is 5.69 Å². The van der Waals surface area contributed by atoms with Gasteiger partial charge in [0, 0.05) is 25.2 Å². The maximum Gasteiger partial charge on any atom is 0.275 e. The number of likely N-dealkylation sites (tertiary alicyclic amines) is 1. The Morgan fingerprint density at radius 3 is 2.41 bits per heavy atom. The van der Waals surface area contributed by atoms with Crippen molar-refractivity contribution in [3.63, 3.8) is 0 Å². The number of rotatable bonds is 5. The summed E-state index contributed by atoms with van der Waals surface area (Å²) in [6, 6.07) is 0.509. The lowest BCUT2D eigenvalue weighted by molar-refractivity contribution is -0.122. The zero-order valence-electron chi connectivity index (χ0n) is 12.7. The fourth-order valence-electron chi connectivity index (χ4n) is 2.63. The lowest BCUT2D eigenvalue weighted by atomic mass is 10.0. The second-order valence-electron chi connectivity index (χ2n) is 6.06. The van der Waals surface area contributed by atoms with Gasteiger partial charge in [-0.3, -0.25) is 14.5 Å². The fraction of sp³-hybridized carbons (Fsp3) is 0.714. The topological polar surface area (TPSA) is 100 Å². The molecule has 1 saturated heterocycles. The highest BCUT2D eigenvalue weighted by Gasteiger charge is 2.27. The van der Waals surface area contributed by atoms with Crippen molar-refractivity contribution in [1.29, 1.82) is 0 Å². The van der Waals surface area contributed by atoms with Gasteiger partial charge in [-0.1, -0.05) is 5.16 Å². The molecule has 1 saturated carbocycles. The summed E-state index contributed by atoms with van der Waals surface area (Å²) in [6.45, 7) is 3.74. The molecule has 2 aliphatic rings. The van der Waals surface area contributed by atoms with Gasteiger partial charge in [0.2, 0.25) is 5.91 Å². The highest BCUT2D eigenvalue weighted by atomic mass is 16.6. The molecule has 0 radical (unpaired) electrons. The van der Waals surface area contributed by atoms with Gasteiger partial charge in [0.1, 0.15) is 5.69 Å². The number of nitrogens with one attached hydrogen (secondary N) is 2. The quantitative estimate of drug-likeness (QED) is 0.785. The summed E-state index contributed by atoms with van der Waals surface area (Å²) >= 11 is 0. The average molecular weight is 307 g/mol. The van der Waals surface area contributed by atoms with E-state index in [-0.39, 0.29) is 23.6 Å². The fourth-order valence-corrected chi connectivity index (χ4v) is 2.63. The molecule has 0 aromatic carbocycles. The number of piperidine rings is 1. The second-order valence-corrected chi connectivity index (χ2v) is 6.06. The number of nitrogens with zero attached hydrogens (tertiary/aromatic N) is 3. The minimum Gasteiger partial charge on any atom is -0.352 e. The number of hydrogen-bond donors (Lipinski definition) is 2. The van der Waals surface area contributed by atoms with Crippen LogP contribution in [0.15, 0.2) is 4.63 Å². The van der Waals surface area contributed by atoms with Crippen LogP contribution >= 0.6 is 0 Å². The Morgan fingerprint density at radius 1 is 1.14 bits per heavy atom. The monoisotopic (exact) mass is 307 g/mol. The van der Waals surface area contributed by atoms with Crippen molar-refractivity contribution in [3.8, 4) is 0 Å². The molecule has 1 aliphatic heterocycles. The summed E-state index contributed by atoms with van der Waals surface area (Å²) in [5, 5.41) is 13.2. The van der Waals surface area contributed by atoms with Crippen LogP contribution in [-0.2, 0) is 4.79 Å². The zero-order valence-corrected chi connectivity index (χ0v) is 12.7. The molecule has 2 fully saturated rings. The first kappa shape index (κ1) is 15.0. The van der Waals surface area contributed by atoms with E-state index in [0.29, 0.717) is 18.3 Å². The first-order chi connectivity index (χ1) is 10.6. The molecular weight excluding hydrogens is 286 g/mol. The third-order valence-corrected chi connectivity index (χ3v) is 4.10. The van der Waals surface area contributed by atoms with E-state index in [1.165, 1.54) is 0 Å². The van der Waals surface area contributed by atoms with Crippen LogP contribution in [0.3, 0.4) is 0 Å². The van der Waals surface area contributed by atoms with E-state index in [2.05, 4.69) is 30.5 Å². The molecule has 2 N–H and O–H groups in total. The highest BCUT2D eigenvalue weighted by molar-refractivity contribution is 5.93. The van der Waals surface area contributed by atoms with Crippen LogP contribution in [0.2, 0.25) is 0 Å². The molecule has 0 spiro atoms. The van der Waals surface area contributed by atoms with Crippen LogP contribution in [0.1, 0.15) is 41.9 Å². The number of aromatic nitrogens is 2. The van der Waals surface area contributed by atoms with Crippen LogP contribution in [0.4, 0.5) is 0 Å². The van der Waals surface area contributed by atoms with Crippen molar-refractivity contribution < 1.29 is 14.2 Å². The smallest absolute Gasteiger partial charge is 0.275 e. The lowest BCUT2D eigenvalue weighted by Crippen LogP contribution is -2.47. The summed E-state index contributed by atoms with van der Waals surface area (Å²) in [5.41, 5.74) is 0.734. The predicted molar refractivity (Wildman–Crippen MR) is 77.1 cm³/mol. The lowest BCUT2D eigenvalue weighted by Gasteiger charge is -2.31. The average Bonchev–Trinajstić information content (AvgIpc) is 3.19. The molecule has 120 valence electrons. The van der Waals surface area contributed by atoms with Crippen molar-refractivity contribution in [1.82, 2.24) is 25.8 Å². The van der Waals surface area contributed by atoms with Gasteiger partial charge in [0.05, 0.1) is 6.54 Å². The largest absolute Gasteiger partial charge is 0.352 e. The standard InChI is InChI=1S/C14H21N5O3/c1-9-13(18-22-17-9)14(21)16-11-4-6-19(7-5-11)8-12(20)15-10-2-3-10/h10-11H,2-8H2,1H3,(H,15,20)(H,16,21). The van der Waals surface area contributed by atoms with Crippen LogP contribution in [-0.4, -0.2) is 58.7 Å². The Balaban J connectivity index is 1.40. The third-order valence-electron chi connectivity index (χ3n) is 4.10. The van der Waals surface area contributed by atoms with Crippen molar-refractivity contribution in [2.45, 2.75) is 44.7 Å². The number of carbonyl (C=O) groups is 2. The first-order valence-electron chi connectivity index (χ1n) is 7.73. The van der Waals surface area contributed by atoms with E-state index in [4.69, 9.17) is 0 Å². The van der Waals surface area contributed by atoms with Gasteiger partial charge >= 0.3 is 0 Å². The van der Waals surface area contributed by atoms with Crippen molar-refractivity contribution in [2.75, 3.05) is 19.6 Å². The Labute approximate surface area is 128 Å². The number of hydrogen-bond acceptors (Lipinski definition) is 6. The van der Waals surface area contributed by atoms with Gasteiger partial charge in [-0.05, 0) is 37.8 Å². The second kappa shape index (κ2) is 6.43. The molecular formula is C14H21N5O3. The normalized spacial score (nSPS) is 19.9. The van der Waals surface area contributed by atoms with Gasteiger partial charge in [-0.25, -0.2) is 4.63 Å². The molecule has 0 atom stereocenters. The number of aryl methyl sites for hydroxylation is 1.